The lowest BCUT2D eigenvalue weighted by Crippen LogP contribution is -2.28. The van der Waals surface area contributed by atoms with Crippen LogP contribution in [0.3, 0.4) is 0 Å². The summed E-state index contributed by atoms with van der Waals surface area (Å²) >= 11 is 1.76. The maximum atomic E-state index is 10.6. The van der Waals surface area contributed by atoms with E-state index in [2.05, 4.69) is 17.2 Å². The highest BCUT2D eigenvalue weighted by Crippen LogP contribution is 2.35. The summed E-state index contributed by atoms with van der Waals surface area (Å²) in [6, 6.07) is 5.75. The summed E-state index contributed by atoms with van der Waals surface area (Å²) in [5, 5.41) is 15.2. The second kappa shape index (κ2) is 7.51. The van der Waals surface area contributed by atoms with E-state index < -0.39 is 6.10 Å². The van der Waals surface area contributed by atoms with Gasteiger partial charge in [0.2, 0.25) is 0 Å². The highest BCUT2D eigenvalue weighted by atomic mass is 32.1. The van der Waals surface area contributed by atoms with Crippen LogP contribution in [0.4, 0.5) is 0 Å². The summed E-state index contributed by atoms with van der Waals surface area (Å²) in [5.74, 6) is 1.38. The minimum Gasteiger partial charge on any atom is -0.497 e. The molecule has 0 aliphatic heterocycles. The zero-order chi connectivity index (χ0) is 17.1. The maximum absolute atomic E-state index is 10.6. The molecule has 2 unspecified atom stereocenters. The number of nitrogens with one attached hydrogen (secondary N) is 1. The zero-order valence-corrected chi connectivity index (χ0v) is 15.2. The molecule has 0 saturated carbocycles. The molecular weight excluding hydrogens is 324 g/mol. The van der Waals surface area contributed by atoms with Gasteiger partial charge in [0.1, 0.15) is 11.5 Å². The summed E-state index contributed by atoms with van der Waals surface area (Å²) in [6.07, 6.45) is 2.61. The van der Waals surface area contributed by atoms with Gasteiger partial charge in [0.25, 0.3) is 0 Å². The Balaban J connectivity index is 1.71. The van der Waals surface area contributed by atoms with Gasteiger partial charge in [0.15, 0.2) is 0 Å². The first-order valence-corrected chi connectivity index (χ1v) is 9.03. The molecule has 2 N–H and O–H groups in total. The number of aliphatic hydroxyl groups is 1. The third kappa shape index (κ3) is 3.55. The van der Waals surface area contributed by atoms with Gasteiger partial charge in [-0.05, 0) is 44.4 Å². The quantitative estimate of drug-likeness (QED) is 0.839. The predicted octanol–water partition coefficient (Wildman–Crippen LogP) is 3.17. The normalized spacial score (nSPS) is 18.1. The Labute approximate surface area is 146 Å². The minimum atomic E-state index is -0.658. The number of hydrogen-bond donors (Lipinski definition) is 2. The van der Waals surface area contributed by atoms with Crippen LogP contribution in [0, 0.1) is 6.92 Å². The molecule has 1 heterocycles. The van der Waals surface area contributed by atoms with Crippen LogP contribution in [0.5, 0.6) is 11.5 Å². The molecule has 1 aliphatic carbocycles. The lowest BCUT2D eigenvalue weighted by molar-refractivity contribution is 0.164. The molecule has 0 bridgehead atoms. The van der Waals surface area contributed by atoms with E-state index in [1.165, 1.54) is 10.6 Å². The van der Waals surface area contributed by atoms with Gasteiger partial charge in [0, 0.05) is 23.0 Å². The zero-order valence-electron chi connectivity index (χ0n) is 14.3. The Kier molecular flexibility index (Phi) is 5.38. The Bertz CT molecular complexity index is 702. The molecule has 130 valence electrons. The average molecular weight is 348 g/mol. The molecule has 0 spiro atoms. The number of nitrogens with zero attached hydrogens (tertiary/aromatic N) is 1. The van der Waals surface area contributed by atoms with Gasteiger partial charge in [-0.2, -0.15) is 0 Å². The Morgan fingerprint density at radius 2 is 2.21 bits per heavy atom. The summed E-state index contributed by atoms with van der Waals surface area (Å²) in [5.41, 5.74) is 1.95. The third-order valence-electron chi connectivity index (χ3n) is 4.41. The molecule has 0 radical (unpaired) electrons. The first-order chi connectivity index (χ1) is 11.6. The number of methoxy groups -OCH3 is 2. The van der Waals surface area contributed by atoms with Crippen LogP contribution in [-0.4, -0.2) is 30.9 Å². The van der Waals surface area contributed by atoms with Crippen LogP contribution >= 0.6 is 11.3 Å². The fraction of sp³-hybridized carbons (Fsp3) is 0.500. The molecule has 2 aromatic rings. The van der Waals surface area contributed by atoms with E-state index in [1.54, 1.807) is 25.6 Å². The summed E-state index contributed by atoms with van der Waals surface area (Å²) in [7, 11) is 3.23. The lowest BCUT2D eigenvalue weighted by Gasteiger charge is -2.24. The fourth-order valence-electron chi connectivity index (χ4n) is 3.20. The summed E-state index contributed by atoms with van der Waals surface area (Å²) in [6.45, 7) is 2.51. The predicted molar refractivity (Wildman–Crippen MR) is 95.0 cm³/mol. The number of rotatable bonds is 6. The van der Waals surface area contributed by atoms with Crippen molar-refractivity contribution < 1.29 is 14.6 Å². The topological polar surface area (TPSA) is 63.6 Å². The van der Waals surface area contributed by atoms with Gasteiger partial charge < -0.3 is 19.9 Å². The number of aliphatic hydroxyl groups excluding tert-OH is 1. The van der Waals surface area contributed by atoms with Gasteiger partial charge in [-0.1, -0.05) is 0 Å². The Hall–Kier alpha value is -1.63. The maximum Gasteiger partial charge on any atom is 0.124 e. The molecule has 0 fully saturated rings. The minimum absolute atomic E-state index is 0.270. The number of benzene rings is 1. The van der Waals surface area contributed by atoms with E-state index in [-0.39, 0.29) is 6.04 Å². The SMILES string of the molecule is COc1ccc(OC)c(C(O)CNC2CCCc3nc(C)sc32)c1. The smallest absolute Gasteiger partial charge is 0.124 e. The van der Waals surface area contributed by atoms with Crippen LogP contribution in [0.15, 0.2) is 18.2 Å². The van der Waals surface area contributed by atoms with Crippen molar-refractivity contribution in [3.63, 3.8) is 0 Å². The van der Waals surface area contributed by atoms with Gasteiger partial charge in [-0.3, -0.25) is 0 Å². The molecule has 1 aromatic heterocycles. The van der Waals surface area contributed by atoms with E-state index in [4.69, 9.17) is 9.47 Å². The van der Waals surface area contributed by atoms with Crippen LogP contribution in [0.25, 0.3) is 0 Å². The van der Waals surface area contributed by atoms with E-state index in [0.29, 0.717) is 18.0 Å². The monoisotopic (exact) mass is 348 g/mol. The second-order valence-electron chi connectivity index (χ2n) is 6.02. The van der Waals surface area contributed by atoms with Crippen LogP contribution in [-0.2, 0) is 6.42 Å². The first kappa shape index (κ1) is 17.2. The van der Waals surface area contributed by atoms with E-state index in [9.17, 15) is 5.11 Å². The molecule has 0 saturated heterocycles. The Morgan fingerprint density at radius 3 is 2.96 bits per heavy atom. The van der Waals surface area contributed by atoms with Crippen molar-refractivity contribution in [2.45, 2.75) is 38.3 Å². The summed E-state index contributed by atoms with van der Waals surface area (Å²) in [4.78, 5) is 5.94. The van der Waals surface area contributed by atoms with Crippen molar-refractivity contribution in [1.82, 2.24) is 10.3 Å². The van der Waals surface area contributed by atoms with Gasteiger partial charge >= 0.3 is 0 Å². The first-order valence-electron chi connectivity index (χ1n) is 8.22. The molecule has 1 aromatic carbocycles. The number of ether oxygens (including phenoxy) is 2. The average Bonchev–Trinajstić information content (AvgIpc) is 2.99. The second-order valence-corrected chi connectivity index (χ2v) is 7.26. The van der Waals surface area contributed by atoms with Crippen molar-refractivity contribution in [3.8, 4) is 11.5 Å². The van der Waals surface area contributed by atoms with Crippen molar-refractivity contribution in [2.75, 3.05) is 20.8 Å². The molecule has 3 rings (SSSR count). The van der Waals surface area contributed by atoms with Gasteiger partial charge in [-0.15, -0.1) is 11.3 Å². The number of aromatic nitrogens is 1. The van der Waals surface area contributed by atoms with Crippen LogP contribution < -0.4 is 14.8 Å². The molecular formula is C18H24N2O3S. The fourth-order valence-corrected chi connectivity index (χ4v) is 4.28. The molecule has 6 heteroatoms. The van der Waals surface area contributed by atoms with Gasteiger partial charge in [0.05, 0.1) is 31.0 Å². The van der Waals surface area contributed by atoms with Crippen molar-refractivity contribution in [3.05, 3.63) is 39.3 Å². The molecule has 5 nitrogen and oxygen atoms in total. The van der Waals surface area contributed by atoms with Crippen LogP contribution in [0.2, 0.25) is 0 Å². The molecule has 2 atom stereocenters. The largest absolute Gasteiger partial charge is 0.497 e. The number of fused-ring (bicyclic) bond motifs is 1. The van der Waals surface area contributed by atoms with E-state index >= 15 is 0 Å². The third-order valence-corrected chi connectivity index (χ3v) is 5.54. The van der Waals surface area contributed by atoms with Crippen LogP contribution in [0.1, 0.15) is 46.1 Å². The highest BCUT2D eigenvalue weighted by molar-refractivity contribution is 7.11. The van der Waals surface area contributed by atoms with E-state index in [1.807, 2.05) is 18.2 Å². The molecule has 0 amide bonds. The number of thiazole rings is 1. The highest BCUT2D eigenvalue weighted by Gasteiger charge is 2.25. The molecule has 24 heavy (non-hydrogen) atoms. The summed E-state index contributed by atoms with van der Waals surface area (Å²) < 4.78 is 10.6. The molecule has 1 aliphatic rings. The standard InChI is InChI=1S/C18H24N2O3S/c1-11-20-15-6-4-5-14(18(15)24-11)19-10-16(21)13-9-12(22-2)7-8-17(13)23-3/h7-9,14,16,19,21H,4-6,10H2,1-3H3. The lowest BCUT2D eigenvalue weighted by atomic mass is 9.97. The van der Waals surface area contributed by atoms with Crippen molar-refractivity contribution in [1.29, 1.82) is 0 Å². The number of hydrogen-bond acceptors (Lipinski definition) is 6. The van der Waals surface area contributed by atoms with E-state index in [0.717, 1.165) is 29.8 Å². The van der Waals surface area contributed by atoms with Gasteiger partial charge in [-0.25, -0.2) is 4.98 Å². The Morgan fingerprint density at radius 1 is 1.38 bits per heavy atom. The van der Waals surface area contributed by atoms with Crippen molar-refractivity contribution in [2.24, 2.45) is 0 Å². The number of aryl methyl sites for hydroxylation is 2. The van der Waals surface area contributed by atoms with Crippen molar-refractivity contribution >= 4 is 11.3 Å².